The molecule has 1 aliphatic heterocycles. The standard InChI is InChI=1S/C18H21NO.ClH/c1-3-19-12-11-14-9-10-17(20-2)18(16(14)13-19)15-7-5-4-6-8-15;/h4-10H,3,11-13H2,1-2H3;1H. The molecule has 0 saturated carbocycles. The molecule has 2 nitrogen and oxygen atoms in total. The van der Waals surface area contributed by atoms with E-state index in [0.29, 0.717) is 0 Å². The Morgan fingerprint density at radius 2 is 1.86 bits per heavy atom. The first-order valence-electron chi connectivity index (χ1n) is 7.30. The van der Waals surface area contributed by atoms with Crippen LogP contribution in [0.3, 0.4) is 0 Å². The van der Waals surface area contributed by atoms with Gasteiger partial charge in [0.2, 0.25) is 0 Å². The van der Waals surface area contributed by atoms with Gasteiger partial charge < -0.3 is 4.74 Å². The van der Waals surface area contributed by atoms with E-state index in [1.165, 1.54) is 22.3 Å². The third-order valence-corrected chi connectivity index (χ3v) is 4.18. The van der Waals surface area contributed by atoms with E-state index in [1.54, 1.807) is 7.11 Å². The van der Waals surface area contributed by atoms with E-state index in [0.717, 1.165) is 31.8 Å². The lowest BCUT2D eigenvalue weighted by Gasteiger charge is -2.30. The van der Waals surface area contributed by atoms with Gasteiger partial charge in [-0.25, -0.2) is 0 Å². The second-order valence-corrected chi connectivity index (χ2v) is 5.27. The van der Waals surface area contributed by atoms with E-state index in [2.05, 4.69) is 54.3 Å². The van der Waals surface area contributed by atoms with E-state index in [-0.39, 0.29) is 12.4 Å². The van der Waals surface area contributed by atoms with Gasteiger partial charge in [-0.3, -0.25) is 4.90 Å². The van der Waals surface area contributed by atoms with E-state index in [4.69, 9.17) is 4.74 Å². The number of rotatable bonds is 3. The van der Waals surface area contributed by atoms with Crippen molar-refractivity contribution < 1.29 is 4.74 Å². The van der Waals surface area contributed by atoms with Crippen molar-refractivity contribution in [1.82, 2.24) is 4.90 Å². The SMILES string of the molecule is CCN1CCc2ccc(OC)c(-c3ccccc3)c2C1.Cl. The Labute approximate surface area is 133 Å². The first kappa shape index (κ1) is 15.9. The Bertz CT molecular complexity index is 598. The zero-order valence-electron chi connectivity index (χ0n) is 12.6. The molecule has 1 aliphatic rings. The van der Waals surface area contributed by atoms with Gasteiger partial charge in [-0.1, -0.05) is 43.3 Å². The molecule has 1 heterocycles. The molecule has 0 unspecified atom stereocenters. The van der Waals surface area contributed by atoms with Gasteiger partial charge in [0.05, 0.1) is 7.11 Å². The molecular formula is C18H22ClNO. The molecule has 0 aliphatic carbocycles. The van der Waals surface area contributed by atoms with Crippen molar-refractivity contribution in [2.75, 3.05) is 20.2 Å². The lowest BCUT2D eigenvalue weighted by atomic mass is 9.90. The van der Waals surface area contributed by atoms with Crippen molar-refractivity contribution >= 4 is 12.4 Å². The van der Waals surface area contributed by atoms with Gasteiger partial charge in [-0.15, -0.1) is 12.4 Å². The van der Waals surface area contributed by atoms with Gasteiger partial charge in [-0.05, 0) is 35.7 Å². The summed E-state index contributed by atoms with van der Waals surface area (Å²) in [5.41, 5.74) is 5.42. The summed E-state index contributed by atoms with van der Waals surface area (Å²) in [4.78, 5) is 2.49. The van der Waals surface area contributed by atoms with Crippen molar-refractivity contribution in [2.45, 2.75) is 19.9 Å². The number of halogens is 1. The summed E-state index contributed by atoms with van der Waals surface area (Å²) in [6.45, 7) is 5.51. The summed E-state index contributed by atoms with van der Waals surface area (Å²) in [6.07, 6.45) is 1.13. The second-order valence-electron chi connectivity index (χ2n) is 5.27. The zero-order valence-corrected chi connectivity index (χ0v) is 13.5. The highest BCUT2D eigenvalue weighted by Crippen LogP contribution is 2.37. The Hall–Kier alpha value is -1.51. The third kappa shape index (κ3) is 3.07. The van der Waals surface area contributed by atoms with Crippen LogP contribution in [0.4, 0.5) is 0 Å². The molecular weight excluding hydrogens is 282 g/mol. The maximum Gasteiger partial charge on any atom is 0.127 e. The fourth-order valence-corrected chi connectivity index (χ4v) is 3.03. The van der Waals surface area contributed by atoms with Crippen molar-refractivity contribution in [3.05, 3.63) is 53.6 Å². The van der Waals surface area contributed by atoms with Crippen LogP contribution in [0.5, 0.6) is 5.75 Å². The highest BCUT2D eigenvalue weighted by molar-refractivity contribution is 5.85. The lowest BCUT2D eigenvalue weighted by molar-refractivity contribution is 0.268. The molecule has 0 amide bonds. The van der Waals surface area contributed by atoms with Crippen LogP contribution in [0.15, 0.2) is 42.5 Å². The summed E-state index contributed by atoms with van der Waals surface area (Å²) in [5, 5.41) is 0. The van der Waals surface area contributed by atoms with Crippen molar-refractivity contribution in [2.24, 2.45) is 0 Å². The maximum atomic E-state index is 5.62. The van der Waals surface area contributed by atoms with E-state index in [1.807, 2.05) is 0 Å². The molecule has 0 aromatic heterocycles. The number of hydrogen-bond acceptors (Lipinski definition) is 2. The largest absolute Gasteiger partial charge is 0.496 e. The molecule has 3 heteroatoms. The van der Waals surface area contributed by atoms with Crippen LogP contribution in [0.1, 0.15) is 18.1 Å². The molecule has 2 aromatic carbocycles. The maximum absolute atomic E-state index is 5.62. The number of benzene rings is 2. The number of likely N-dealkylation sites (N-methyl/N-ethyl adjacent to an activating group) is 1. The molecule has 3 rings (SSSR count). The number of ether oxygens (including phenoxy) is 1. The molecule has 0 spiro atoms. The summed E-state index contributed by atoms with van der Waals surface area (Å²) in [7, 11) is 1.76. The quantitative estimate of drug-likeness (QED) is 0.844. The first-order chi connectivity index (χ1) is 9.83. The molecule has 112 valence electrons. The van der Waals surface area contributed by atoms with Gasteiger partial charge in [0.1, 0.15) is 5.75 Å². The molecule has 0 atom stereocenters. The van der Waals surface area contributed by atoms with Crippen LogP contribution < -0.4 is 4.74 Å². The van der Waals surface area contributed by atoms with E-state index >= 15 is 0 Å². The number of hydrogen-bond donors (Lipinski definition) is 0. The molecule has 2 aromatic rings. The summed E-state index contributed by atoms with van der Waals surface area (Å²) >= 11 is 0. The Balaban J connectivity index is 0.00000161. The van der Waals surface area contributed by atoms with Gasteiger partial charge in [0.25, 0.3) is 0 Å². The Kier molecular flexibility index (Phi) is 5.27. The second kappa shape index (κ2) is 6.97. The van der Waals surface area contributed by atoms with Gasteiger partial charge >= 0.3 is 0 Å². The summed E-state index contributed by atoms with van der Waals surface area (Å²) in [6, 6.07) is 14.9. The minimum Gasteiger partial charge on any atom is -0.496 e. The van der Waals surface area contributed by atoms with Crippen LogP contribution in [0.25, 0.3) is 11.1 Å². The molecule has 0 radical (unpaired) electrons. The van der Waals surface area contributed by atoms with Crippen LogP contribution in [-0.2, 0) is 13.0 Å². The number of methoxy groups -OCH3 is 1. The monoisotopic (exact) mass is 303 g/mol. The fourth-order valence-electron chi connectivity index (χ4n) is 3.03. The van der Waals surface area contributed by atoms with Gasteiger partial charge in [-0.2, -0.15) is 0 Å². The first-order valence-corrected chi connectivity index (χ1v) is 7.30. The average molecular weight is 304 g/mol. The molecule has 21 heavy (non-hydrogen) atoms. The minimum atomic E-state index is 0. The molecule has 0 fully saturated rings. The van der Waals surface area contributed by atoms with Gasteiger partial charge in [0.15, 0.2) is 0 Å². The zero-order chi connectivity index (χ0) is 13.9. The van der Waals surface area contributed by atoms with Crippen LogP contribution >= 0.6 is 12.4 Å². The van der Waals surface area contributed by atoms with E-state index in [9.17, 15) is 0 Å². The van der Waals surface area contributed by atoms with Crippen molar-refractivity contribution in [1.29, 1.82) is 0 Å². The molecule has 0 N–H and O–H groups in total. The van der Waals surface area contributed by atoms with Crippen LogP contribution in [-0.4, -0.2) is 25.1 Å². The van der Waals surface area contributed by atoms with Crippen molar-refractivity contribution in [3.63, 3.8) is 0 Å². The van der Waals surface area contributed by atoms with Crippen LogP contribution in [0.2, 0.25) is 0 Å². The summed E-state index contributed by atoms with van der Waals surface area (Å²) in [5.74, 6) is 0.980. The molecule has 0 bridgehead atoms. The Morgan fingerprint density at radius 1 is 1.10 bits per heavy atom. The third-order valence-electron chi connectivity index (χ3n) is 4.18. The lowest BCUT2D eigenvalue weighted by Crippen LogP contribution is -2.30. The smallest absolute Gasteiger partial charge is 0.127 e. The highest BCUT2D eigenvalue weighted by Gasteiger charge is 2.21. The normalized spacial score (nSPS) is 14.2. The Morgan fingerprint density at radius 3 is 2.52 bits per heavy atom. The highest BCUT2D eigenvalue weighted by atomic mass is 35.5. The van der Waals surface area contributed by atoms with E-state index < -0.39 is 0 Å². The predicted octanol–water partition coefficient (Wildman–Crippen LogP) is 4.16. The fraction of sp³-hybridized carbons (Fsp3) is 0.333. The predicted molar refractivity (Wildman–Crippen MR) is 90.3 cm³/mol. The number of nitrogens with zero attached hydrogens (tertiary/aromatic N) is 1. The topological polar surface area (TPSA) is 12.5 Å². The molecule has 0 saturated heterocycles. The minimum absolute atomic E-state index is 0. The van der Waals surface area contributed by atoms with Gasteiger partial charge in [0, 0.05) is 18.7 Å². The van der Waals surface area contributed by atoms with Crippen LogP contribution in [0, 0.1) is 0 Å². The average Bonchev–Trinajstić information content (AvgIpc) is 2.53. The summed E-state index contributed by atoms with van der Waals surface area (Å²) < 4.78 is 5.62. The number of fused-ring (bicyclic) bond motifs is 1. The van der Waals surface area contributed by atoms with Crippen molar-refractivity contribution in [3.8, 4) is 16.9 Å².